The van der Waals surface area contributed by atoms with Crippen molar-refractivity contribution < 1.29 is 4.74 Å². The average Bonchev–Trinajstić information content (AvgIpc) is 2.27. The molecular formula is C9H10N4O. The molecule has 0 saturated heterocycles. The van der Waals surface area contributed by atoms with Crippen molar-refractivity contribution in [3.8, 4) is 5.88 Å². The van der Waals surface area contributed by atoms with Gasteiger partial charge < -0.3 is 10.5 Å². The normalized spacial score (nSPS) is 10.4. The smallest absolute Gasteiger partial charge is 0.226 e. The topological polar surface area (TPSA) is 73.9 Å². The number of hydrogen-bond acceptors (Lipinski definition) is 5. The highest BCUT2D eigenvalue weighted by Gasteiger charge is 2.06. The third-order valence-electron chi connectivity index (χ3n) is 1.86. The van der Waals surface area contributed by atoms with E-state index >= 15 is 0 Å². The average molecular weight is 190 g/mol. The molecule has 2 heterocycles. The van der Waals surface area contributed by atoms with Crippen molar-refractivity contribution in [2.75, 3.05) is 7.11 Å². The quantitative estimate of drug-likeness (QED) is 0.746. The number of aromatic nitrogens is 3. The molecule has 0 radical (unpaired) electrons. The number of rotatable bonds is 2. The molecule has 5 nitrogen and oxygen atoms in total. The Morgan fingerprint density at radius 2 is 2.29 bits per heavy atom. The Morgan fingerprint density at radius 1 is 1.43 bits per heavy atom. The number of nitrogens with zero attached hydrogens (tertiary/aromatic N) is 3. The van der Waals surface area contributed by atoms with E-state index < -0.39 is 0 Å². The monoisotopic (exact) mass is 190 g/mol. The third kappa shape index (κ3) is 1.38. The second-order valence-electron chi connectivity index (χ2n) is 2.73. The van der Waals surface area contributed by atoms with Crippen molar-refractivity contribution in [2.24, 2.45) is 5.73 Å². The van der Waals surface area contributed by atoms with Crippen LogP contribution in [-0.4, -0.2) is 22.1 Å². The van der Waals surface area contributed by atoms with Gasteiger partial charge in [-0.1, -0.05) is 0 Å². The van der Waals surface area contributed by atoms with Crippen LogP contribution < -0.4 is 10.5 Å². The first kappa shape index (κ1) is 8.83. The molecule has 14 heavy (non-hydrogen) atoms. The molecule has 0 aliphatic carbocycles. The minimum Gasteiger partial charge on any atom is -0.480 e. The van der Waals surface area contributed by atoms with E-state index in [1.807, 2.05) is 12.1 Å². The first-order chi connectivity index (χ1) is 6.85. The van der Waals surface area contributed by atoms with E-state index in [1.165, 1.54) is 0 Å². The van der Waals surface area contributed by atoms with E-state index in [0.29, 0.717) is 17.4 Å². The van der Waals surface area contributed by atoms with Crippen molar-refractivity contribution in [1.29, 1.82) is 0 Å². The van der Waals surface area contributed by atoms with Crippen molar-refractivity contribution in [3.63, 3.8) is 0 Å². The Labute approximate surface area is 81.0 Å². The van der Waals surface area contributed by atoms with Crippen LogP contribution in [0.15, 0.2) is 18.3 Å². The molecule has 0 spiro atoms. The molecule has 0 saturated carbocycles. The predicted molar refractivity (Wildman–Crippen MR) is 51.8 cm³/mol. The molecule has 0 atom stereocenters. The number of fused-ring (bicyclic) bond motifs is 1. The van der Waals surface area contributed by atoms with Crippen LogP contribution in [0.1, 0.15) is 5.82 Å². The molecular weight excluding hydrogens is 180 g/mol. The van der Waals surface area contributed by atoms with Crippen LogP contribution in [-0.2, 0) is 6.54 Å². The Bertz CT molecular complexity index is 458. The summed E-state index contributed by atoms with van der Waals surface area (Å²) in [6, 6.07) is 3.68. The van der Waals surface area contributed by atoms with Crippen molar-refractivity contribution in [3.05, 3.63) is 24.2 Å². The van der Waals surface area contributed by atoms with Gasteiger partial charge in [0.1, 0.15) is 5.82 Å². The van der Waals surface area contributed by atoms with Crippen LogP contribution >= 0.6 is 0 Å². The molecule has 0 aliphatic heterocycles. The van der Waals surface area contributed by atoms with Gasteiger partial charge in [0.15, 0.2) is 5.65 Å². The highest BCUT2D eigenvalue weighted by Crippen LogP contribution is 2.19. The van der Waals surface area contributed by atoms with E-state index in [1.54, 1.807) is 13.3 Å². The minimum absolute atomic E-state index is 0.281. The molecule has 2 aromatic heterocycles. The lowest BCUT2D eigenvalue weighted by molar-refractivity contribution is 0.400. The molecule has 2 rings (SSSR count). The Balaban J connectivity index is 2.73. The maximum Gasteiger partial charge on any atom is 0.226 e. The van der Waals surface area contributed by atoms with Crippen molar-refractivity contribution in [1.82, 2.24) is 15.0 Å². The number of hydrogen-bond donors (Lipinski definition) is 1. The van der Waals surface area contributed by atoms with Gasteiger partial charge in [0.05, 0.1) is 19.0 Å². The van der Waals surface area contributed by atoms with E-state index in [-0.39, 0.29) is 6.54 Å². The van der Waals surface area contributed by atoms with Gasteiger partial charge in [-0.15, -0.1) is 0 Å². The first-order valence-electron chi connectivity index (χ1n) is 4.21. The zero-order valence-corrected chi connectivity index (χ0v) is 7.77. The van der Waals surface area contributed by atoms with Gasteiger partial charge in [-0.05, 0) is 12.1 Å². The zero-order valence-electron chi connectivity index (χ0n) is 7.77. The fourth-order valence-electron chi connectivity index (χ4n) is 1.22. The first-order valence-corrected chi connectivity index (χ1v) is 4.21. The highest BCUT2D eigenvalue weighted by molar-refractivity contribution is 5.79. The highest BCUT2D eigenvalue weighted by atomic mass is 16.5. The van der Waals surface area contributed by atoms with Crippen LogP contribution in [0.2, 0.25) is 0 Å². The van der Waals surface area contributed by atoms with Crippen LogP contribution in [0.3, 0.4) is 0 Å². The molecule has 72 valence electrons. The van der Waals surface area contributed by atoms with Crippen LogP contribution in [0, 0.1) is 0 Å². The summed E-state index contributed by atoms with van der Waals surface area (Å²) in [5, 5.41) is 0.798. The van der Waals surface area contributed by atoms with Gasteiger partial charge in [0.25, 0.3) is 0 Å². The predicted octanol–water partition coefficient (Wildman–Crippen LogP) is 0.492. The summed E-state index contributed by atoms with van der Waals surface area (Å²) in [5.74, 6) is 1.05. The van der Waals surface area contributed by atoms with E-state index in [9.17, 15) is 0 Å². The van der Waals surface area contributed by atoms with Crippen LogP contribution in [0.25, 0.3) is 11.0 Å². The fourth-order valence-corrected chi connectivity index (χ4v) is 1.22. The molecule has 0 bridgehead atoms. The van der Waals surface area contributed by atoms with Gasteiger partial charge in [0, 0.05) is 6.20 Å². The third-order valence-corrected chi connectivity index (χ3v) is 1.86. The van der Waals surface area contributed by atoms with Gasteiger partial charge in [-0.3, -0.25) is 0 Å². The van der Waals surface area contributed by atoms with Crippen LogP contribution in [0.5, 0.6) is 5.88 Å². The zero-order chi connectivity index (χ0) is 9.97. The van der Waals surface area contributed by atoms with E-state index in [4.69, 9.17) is 10.5 Å². The number of pyridine rings is 1. The molecule has 0 fully saturated rings. The fraction of sp³-hybridized carbons (Fsp3) is 0.222. The molecule has 0 amide bonds. The van der Waals surface area contributed by atoms with Gasteiger partial charge in [0.2, 0.25) is 5.88 Å². The summed E-state index contributed by atoms with van der Waals surface area (Å²) >= 11 is 0. The lowest BCUT2D eigenvalue weighted by Crippen LogP contribution is -2.05. The second-order valence-corrected chi connectivity index (χ2v) is 2.73. The minimum atomic E-state index is 0.281. The standard InChI is InChI=1S/C9H10N4O/c1-14-9-6-3-2-4-11-8(6)12-7(5-10)13-9/h2-4H,5,10H2,1H3. The maximum atomic E-state index is 5.46. The van der Waals surface area contributed by atoms with E-state index in [0.717, 1.165) is 5.39 Å². The van der Waals surface area contributed by atoms with Crippen molar-refractivity contribution in [2.45, 2.75) is 6.54 Å². The SMILES string of the molecule is COc1nc(CN)nc2ncccc12. The summed E-state index contributed by atoms with van der Waals surface area (Å²) in [7, 11) is 1.56. The largest absolute Gasteiger partial charge is 0.480 e. The number of nitrogens with two attached hydrogens (primary N) is 1. The summed E-state index contributed by atoms with van der Waals surface area (Å²) in [5.41, 5.74) is 6.07. The Kier molecular flexibility index (Phi) is 2.24. The van der Waals surface area contributed by atoms with Crippen LogP contribution in [0.4, 0.5) is 0 Å². The van der Waals surface area contributed by atoms with E-state index in [2.05, 4.69) is 15.0 Å². The molecule has 0 aromatic carbocycles. The lowest BCUT2D eigenvalue weighted by Gasteiger charge is -2.04. The number of ether oxygens (including phenoxy) is 1. The molecule has 2 N–H and O–H groups in total. The molecule has 0 aliphatic rings. The molecule has 0 unspecified atom stereocenters. The van der Waals surface area contributed by atoms with Gasteiger partial charge in [-0.25, -0.2) is 9.97 Å². The second kappa shape index (κ2) is 3.55. The molecule has 2 aromatic rings. The Hall–Kier alpha value is -1.75. The Morgan fingerprint density at radius 3 is 3.00 bits per heavy atom. The lowest BCUT2D eigenvalue weighted by atomic mass is 10.3. The summed E-state index contributed by atoms with van der Waals surface area (Å²) in [4.78, 5) is 12.4. The maximum absolute atomic E-state index is 5.46. The van der Waals surface area contributed by atoms with Gasteiger partial charge >= 0.3 is 0 Å². The summed E-state index contributed by atoms with van der Waals surface area (Å²) in [6.07, 6.45) is 1.68. The van der Waals surface area contributed by atoms with Crippen molar-refractivity contribution >= 4 is 11.0 Å². The summed E-state index contributed by atoms with van der Waals surface area (Å²) < 4.78 is 5.12. The number of methoxy groups -OCH3 is 1. The van der Waals surface area contributed by atoms with Gasteiger partial charge in [-0.2, -0.15) is 4.98 Å². The summed E-state index contributed by atoms with van der Waals surface area (Å²) in [6.45, 7) is 0.281. The molecule has 5 heteroatoms.